The first-order chi connectivity index (χ1) is 7.31. The average molecular weight is 209 g/mol. The van der Waals surface area contributed by atoms with Crippen molar-refractivity contribution in [3.05, 3.63) is 29.6 Å². The largest absolute Gasteiger partial charge is 0.496 e. The van der Waals surface area contributed by atoms with E-state index in [9.17, 15) is 4.39 Å². The van der Waals surface area contributed by atoms with Gasteiger partial charge in [-0.2, -0.15) is 0 Å². The fraction of sp³-hybridized carbons (Fsp3) is 0.500. The maximum absolute atomic E-state index is 13.5. The molecule has 0 heterocycles. The molecule has 0 aromatic heterocycles. The lowest BCUT2D eigenvalue weighted by Crippen LogP contribution is -2.17. The van der Waals surface area contributed by atoms with Crippen LogP contribution in [0.15, 0.2) is 18.2 Å². The zero-order valence-corrected chi connectivity index (χ0v) is 8.92. The van der Waals surface area contributed by atoms with Crippen molar-refractivity contribution in [1.82, 2.24) is 5.32 Å². The molecule has 0 amide bonds. The number of hydrogen-bond donors (Lipinski definition) is 1. The van der Waals surface area contributed by atoms with Gasteiger partial charge in [-0.15, -0.1) is 0 Å². The maximum atomic E-state index is 13.5. The first-order valence-electron chi connectivity index (χ1n) is 5.33. The van der Waals surface area contributed by atoms with Crippen molar-refractivity contribution in [2.24, 2.45) is 5.92 Å². The molecule has 1 fully saturated rings. The lowest BCUT2D eigenvalue weighted by molar-refractivity contribution is 0.401. The number of benzene rings is 1. The van der Waals surface area contributed by atoms with Crippen molar-refractivity contribution >= 4 is 0 Å². The highest BCUT2D eigenvalue weighted by molar-refractivity contribution is 5.34. The second kappa shape index (κ2) is 4.62. The SMILES string of the molecule is COc1cccc(F)c1CNCC1CC1. The number of methoxy groups -OCH3 is 1. The van der Waals surface area contributed by atoms with Gasteiger partial charge in [0, 0.05) is 12.1 Å². The van der Waals surface area contributed by atoms with E-state index in [2.05, 4.69) is 5.32 Å². The van der Waals surface area contributed by atoms with E-state index in [4.69, 9.17) is 4.74 Å². The lowest BCUT2D eigenvalue weighted by Gasteiger charge is -2.10. The molecule has 1 aliphatic rings. The number of hydrogen-bond acceptors (Lipinski definition) is 2. The van der Waals surface area contributed by atoms with Crippen molar-refractivity contribution in [2.75, 3.05) is 13.7 Å². The summed E-state index contributed by atoms with van der Waals surface area (Å²) in [5, 5.41) is 3.26. The van der Waals surface area contributed by atoms with Crippen LogP contribution in [0.3, 0.4) is 0 Å². The molecular formula is C12H16FNO. The van der Waals surface area contributed by atoms with Gasteiger partial charge in [0.1, 0.15) is 11.6 Å². The Kier molecular flexibility index (Phi) is 3.21. The van der Waals surface area contributed by atoms with Crippen LogP contribution in [-0.4, -0.2) is 13.7 Å². The fourth-order valence-corrected chi connectivity index (χ4v) is 1.62. The van der Waals surface area contributed by atoms with Crippen molar-refractivity contribution in [3.63, 3.8) is 0 Å². The van der Waals surface area contributed by atoms with E-state index in [1.54, 1.807) is 19.2 Å². The van der Waals surface area contributed by atoms with Crippen molar-refractivity contribution in [2.45, 2.75) is 19.4 Å². The van der Waals surface area contributed by atoms with Gasteiger partial charge < -0.3 is 10.1 Å². The molecule has 15 heavy (non-hydrogen) atoms. The summed E-state index contributed by atoms with van der Waals surface area (Å²) >= 11 is 0. The third kappa shape index (κ3) is 2.69. The van der Waals surface area contributed by atoms with Gasteiger partial charge in [-0.3, -0.25) is 0 Å². The predicted molar refractivity (Wildman–Crippen MR) is 57.4 cm³/mol. The average Bonchev–Trinajstić information content (AvgIpc) is 3.04. The minimum atomic E-state index is -0.197. The first-order valence-corrected chi connectivity index (χ1v) is 5.33. The number of ether oxygens (including phenoxy) is 1. The zero-order valence-electron chi connectivity index (χ0n) is 8.92. The normalized spacial score (nSPS) is 15.3. The molecule has 0 saturated heterocycles. The van der Waals surface area contributed by atoms with Crippen LogP contribution in [-0.2, 0) is 6.54 Å². The molecule has 1 aromatic carbocycles. The van der Waals surface area contributed by atoms with Crippen LogP contribution in [0.25, 0.3) is 0 Å². The van der Waals surface area contributed by atoms with E-state index in [0.29, 0.717) is 17.9 Å². The van der Waals surface area contributed by atoms with Crippen LogP contribution in [0.2, 0.25) is 0 Å². The van der Waals surface area contributed by atoms with E-state index in [-0.39, 0.29) is 5.82 Å². The summed E-state index contributed by atoms with van der Waals surface area (Å²) in [7, 11) is 1.57. The lowest BCUT2D eigenvalue weighted by atomic mass is 10.2. The van der Waals surface area contributed by atoms with E-state index in [1.807, 2.05) is 0 Å². The summed E-state index contributed by atoms with van der Waals surface area (Å²) < 4.78 is 18.6. The van der Waals surface area contributed by atoms with E-state index < -0.39 is 0 Å². The monoisotopic (exact) mass is 209 g/mol. The molecule has 0 atom stereocenters. The van der Waals surface area contributed by atoms with Crippen LogP contribution in [0.1, 0.15) is 18.4 Å². The molecule has 2 rings (SSSR count). The molecule has 0 bridgehead atoms. The molecule has 3 heteroatoms. The maximum Gasteiger partial charge on any atom is 0.131 e. The van der Waals surface area contributed by atoms with Crippen molar-refractivity contribution in [1.29, 1.82) is 0 Å². The zero-order chi connectivity index (χ0) is 10.7. The standard InChI is InChI=1S/C12H16FNO/c1-15-12-4-2-3-11(13)10(12)8-14-7-9-5-6-9/h2-4,9,14H,5-8H2,1H3. The van der Waals surface area contributed by atoms with Gasteiger partial charge in [0.2, 0.25) is 0 Å². The minimum absolute atomic E-state index is 0.197. The molecule has 0 unspecified atom stereocenters. The third-order valence-electron chi connectivity index (χ3n) is 2.73. The molecule has 0 aliphatic heterocycles. The van der Waals surface area contributed by atoms with Crippen LogP contribution in [0.4, 0.5) is 4.39 Å². The minimum Gasteiger partial charge on any atom is -0.496 e. The van der Waals surface area contributed by atoms with Crippen molar-refractivity contribution < 1.29 is 9.13 Å². The Bertz CT molecular complexity index is 336. The molecule has 1 N–H and O–H groups in total. The Hall–Kier alpha value is -1.09. The van der Waals surface area contributed by atoms with Crippen LogP contribution >= 0.6 is 0 Å². The Balaban J connectivity index is 1.97. The smallest absolute Gasteiger partial charge is 0.131 e. The van der Waals surface area contributed by atoms with Gasteiger partial charge >= 0.3 is 0 Å². The Morgan fingerprint density at radius 3 is 2.93 bits per heavy atom. The van der Waals surface area contributed by atoms with Crippen molar-refractivity contribution in [3.8, 4) is 5.75 Å². The molecule has 82 valence electrons. The van der Waals surface area contributed by atoms with Gasteiger partial charge in [-0.1, -0.05) is 6.07 Å². The third-order valence-corrected chi connectivity index (χ3v) is 2.73. The highest BCUT2D eigenvalue weighted by atomic mass is 19.1. The van der Waals surface area contributed by atoms with Gasteiger partial charge in [-0.05, 0) is 37.4 Å². The fourth-order valence-electron chi connectivity index (χ4n) is 1.62. The molecule has 1 aliphatic carbocycles. The highest BCUT2D eigenvalue weighted by Crippen LogP contribution is 2.28. The van der Waals surface area contributed by atoms with E-state index >= 15 is 0 Å². The van der Waals surface area contributed by atoms with E-state index in [1.165, 1.54) is 18.9 Å². The van der Waals surface area contributed by atoms with Gasteiger partial charge in [0.05, 0.1) is 7.11 Å². The Labute approximate surface area is 89.4 Å². The summed E-state index contributed by atoms with van der Waals surface area (Å²) in [4.78, 5) is 0. The summed E-state index contributed by atoms with van der Waals surface area (Å²) in [6, 6.07) is 4.92. The Morgan fingerprint density at radius 1 is 1.47 bits per heavy atom. The Morgan fingerprint density at radius 2 is 2.27 bits per heavy atom. The summed E-state index contributed by atoms with van der Waals surface area (Å²) in [5.74, 6) is 1.23. The topological polar surface area (TPSA) is 21.3 Å². The number of rotatable bonds is 5. The second-order valence-corrected chi connectivity index (χ2v) is 3.99. The molecule has 2 nitrogen and oxygen atoms in total. The summed E-state index contributed by atoms with van der Waals surface area (Å²) in [5.41, 5.74) is 0.626. The molecule has 0 radical (unpaired) electrons. The van der Waals surface area contributed by atoms with Crippen LogP contribution < -0.4 is 10.1 Å². The highest BCUT2D eigenvalue weighted by Gasteiger charge is 2.20. The van der Waals surface area contributed by atoms with Gasteiger partial charge in [0.15, 0.2) is 0 Å². The molecule has 0 spiro atoms. The predicted octanol–water partition coefficient (Wildman–Crippen LogP) is 2.33. The number of nitrogens with one attached hydrogen (secondary N) is 1. The molecular weight excluding hydrogens is 193 g/mol. The van der Waals surface area contributed by atoms with Crippen LogP contribution in [0, 0.1) is 11.7 Å². The van der Waals surface area contributed by atoms with Gasteiger partial charge in [0.25, 0.3) is 0 Å². The second-order valence-electron chi connectivity index (χ2n) is 3.99. The number of halogens is 1. The van der Waals surface area contributed by atoms with E-state index in [0.717, 1.165) is 12.5 Å². The molecule has 1 aromatic rings. The quantitative estimate of drug-likeness (QED) is 0.803. The first kappa shape index (κ1) is 10.4. The molecule has 1 saturated carbocycles. The van der Waals surface area contributed by atoms with Crippen LogP contribution in [0.5, 0.6) is 5.75 Å². The van der Waals surface area contributed by atoms with Gasteiger partial charge in [-0.25, -0.2) is 4.39 Å². The summed E-state index contributed by atoms with van der Waals surface area (Å²) in [6.07, 6.45) is 2.61. The summed E-state index contributed by atoms with van der Waals surface area (Å²) in [6.45, 7) is 1.53.